The number of carbonyl (C=O) groups excluding carboxylic acids is 2. The van der Waals surface area contributed by atoms with Crippen molar-refractivity contribution < 1.29 is 19.1 Å². The molecule has 1 aromatic carbocycles. The zero-order valence-electron chi connectivity index (χ0n) is 13.3. The Morgan fingerprint density at radius 2 is 1.86 bits per heavy atom. The van der Waals surface area contributed by atoms with Gasteiger partial charge >= 0.3 is 12.1 Å². The molecule has 5 heteroatoms. The predicted octanol–water partition coefficient (Wildman–Crippen LogP) is 3.16. The lowest BCUT2D eigenvalue weighted by Crippen LogP contribution is -2.33. The van der Waals surface area contributed by atoms with Gasteiger partial charge in [-0.15, -0.1) is 0 Å². The summed E-state index contributed by atoms with van der Waals surface area (Å²) >= 11 is 0. The fourth-order valence-electron chi connectivity index (χ4n) is 1.53. The first-order valence-corrected chi connectivity index (χ1v) is 7.23. The van der Waals surface area contributed by atoms with Gasteiger partial charge in [-0.05, 0) is 38.8 Å². The summed E-state index contributed by atoms with van der Waals surface area (Å²) in [5.74, 6) is -0.402. The van der Waals surface area contributed by atoms with Gasteiger partial charge in [0.1, 0.15) is 5.60 Å². The zero-order valence-corrected chi connectivity index (χ0v) is 13.3. The molecule has 0 spiro atoms. The third kappa shape index (κ3) is 8.79. The van der Waals surface area contributed by atoms with E-state index in [1.165, 1.54) is 6.08 Å². The van der Waals surface area contributed by atoms with Crippen LogP contribution in [0.15, 0.2) is 36.4 Å². The molecule has 0 aliphatic carbocycles. The van der Waals surface area contributed by atoms with Gasteiger partial charge < -0.3 is 14.8 Å². The Morgan fingerprint density at radius 3 is 2.50 bits per heavy atom. The first-order valence-electron chi connectivity index (χ1n) is 7.23. The first kappa shape index (κ1) is 17.8. The minimum absolute atomic E-state index is 0.244. The Hall–Kier alpha value is -2.30. The van der Waals surface area contributed by atoms with Crippen molar-refractivity contribution in [2.75, 3.05) is 13.2 Å². The number of nitrogens with one attached hydrogen (secondary N) is 1. The number of hydrogen-bond donors (Lipinski definition) is 1. The van der Waals surface area contributed by atoms with Crippen molar-refractivity contribution >= 4 is 18.1 Å². The predicted molar refractivity (Wildman–Crippen MR) is 85.3 cm³/mol. The minimum Gasteiger partial charge on any atom is -0.462 e. The van der Waals surface area contributed by atoms with Crippen LogP contribution in [-0.2, 0) is 14.3 Å². The Morgan fingerprint density at radius 1 is 1.18 bits per heavy atom. The van der Waals surface area contributed by atoms with E-state index in [2.05, 4.69) is 5.32 Å². The van der Waals surface area contributed by atoms with Crippen LogP contribution in [0.1, 0.15) is 32.8 Å². The molecule has 0 aliphatic heterocycles. The second-order valence-corrected chi connectivity index (χ2v) is 5.69. The minimum atomic E-state index is -0.515. The van der Waals surface area contributed by atoms with Crippen molar-refractivity contribution in [3.63, 3.8) is 0 Å². The Bertz CT molecular complexity index is 503. The number of rotatable bonds is 6. The monoisotopic (exact) mass is 305 g/mol. The maximum atomic E-state index is 11.5. The number of amides is 1. The molecule has 1 amide bonds. The molecule has 5 nitrogen and oxygen atoms in total. The molecular weight excluding hydrogens is 282 g/mol. The van der Waals surface area contributed by atoms with Crippen LogP contribution in [0.4, 0.5) is 4.79 Å². The van der Waals surface area contributed by atoms with Crippen molar-refractivity contribution in [1.82, 2.24) is 5.32 Å². The van der Waals surface area contributed by atoms with Crippen LogP contribution in [0, 0.1) is 0 Å². The molecular formula is C17H23NO4. The SMILES string of the molecule is CC(C)(C)OC(=O)NCCCOC(=O)/C=C/c1ccccc1. The fraction of sp³-hybridized carbons (Fsp3) is 0.412. The molecule has 0 bridgehead atoms. The van der Waals surface area contributed by atoms with E-state index >= 15 is 0 Å². The lowest BCUT2D eigenvalue weighted by atomic mass is 10.2. The highest BCUT2D eigenvalue weighted by Crippen LogP contribution is 2.06. The van der Waals surface area contributed by atoms with E-state index in [1.807, 2.05) is 30.3 Å². The van der Waals surface area contributed by atoms with Crippen molar-refractivity contribution in [3.8, 4) is 0 Å². The topological polar surface area (TPSA) is 64.6 Å². The molecule has 0 atom stereocenters. The van der Waals surface area contributed by atoms with Gasteiger partial charge in [-0.3, -0.25) is 0 Å². The van der Waals surface area contributed by atoms with E-state index in [0.29, 0.717) is 13.0 Å². The van der Waals surface area contributed by atoms with Crippen molar-refractivity contribution in [1.29, 1.82) is 0 Å². The molecule has 1 aromatic rings. The maximum Gasteiger partial charge on any atom is 0.407 e. The number of alkyl carbamates (subject to hydrolysis) is 1. The summed E-state index contributed by atoms with van der Waals surface area (Å²) in [6.45, 7) is 6.03. The van der Waals surface area contributed by atoms with Gasteiger partial charge in [-0.2, -0.15) is 0 Å². The zero-order chi connectivity index (χ0) is 16.4. The van der Waals surface area contributed by atoms with E-state index in [-0.39, 0.29) is 6.61 Å². The van der Waals surface area contributed by atoms with E-state index in [0.717, 1.165) is 5.56 Å². The van der Waals surface area contributed by atoms with Gasteiger partial charge in [0.2, 0.25) is 0 Å². The third-order valence-electron chi connectivity index (χ3n) is 2.45. The summed E-state index contributed by atoms with van der Waals surface area (Å²) in [7, 11) is 0. The van der Waals surface area contributed by atoms with Gasteiger partial charge in [-0.25, -0.2) is 9.59 Å². The number of hydrogen-bond acceptors (Lipinski definition) is 4. The molecule has 120 valence electrons. The number of carbonyl (C=O) groups is 2. The van der Waals surface area contributed by atoms with Gasteiger partial charge in [0.05, 0.1) is 6.61 Å². The van der Waals surface area contributed by atoms with Crippen molar-refractivity contribution in [2.45, 2.75) is 32.8 Å². The summed E-state index contributed by atoms with van der Waals surface area (Å²) < 4.78 is 10.1. The van der Waals surface area contributed by atoms with Gasteiger partial charge in [-0.1, -0.05) is 30.3 Å². The lowest BCUT2D eigenvalue weighted by molar-refractivity contribution is -0.137. The first-order chi connectivity index (χ1) is 10.4. The average Bonchev–Trinajstić information content (AvgIpc) is 2.44. The van der Waals surface area contributed by atoms with Gasteiger partial charge in [0, 0.05) is 12.6 Å². The molecule has 1 N–H and O–H groups in total. The van der Waals surface area contributed by atoms with Crippen molar-refractivity contribution in [3.05, 3.63) is 42.0 Å². The van der Waals surface area contributed by atoms with Crippen molar-refractivity contribution in [2.24, 2.45) is 0 Å². The molecule has 0 saturated heterocycles. The molecule has 0 aromatic heterocycles. The van der Waals surface area contributed by atoms with E-state index in [4.69, 9.17) is 9.47 Å². The molecule has 0 saturated carbocycles. The van der Waals surface area contributed by atoms with E-state index in [9.17, 15) is 9.59 Å². The summed E-state index contributed by atoms with van der Waals surface area (Å²) in [5.41, 5.74) is 0.421. The quantitative estimate of drug-likeness (QED) is 0.498. The van der Waals surface area contributed by atoms with Crippen LogP contribution in [0.2, 0.25) is 0 Å². The Labute approximate surface area is 131 Å². The van der Waals surface area contributed by atoms with Crippen LogP contribution in [0.25, 0.3) is 6.08 Å². The lowest BCUT2D eigenvalue weighted by Gasteiger charge is -2.19. The smallest absolute Gasteiger partial charge is 0.407 e. The molecule has 0 heterocycles. The summed E-state index contributed by atoms with van der Waals surface area (Å²) in [6.07, 6.45) is 3.14. The molecule has 22 heavy (non-hydrogen) atoms. The average molecular weight is 305 g/mol. The van der Waals surface area contributed by atoms with E-state index in [1.54, 1.807) is 26.8 Å². The largest absolute Gasteiger partial charge is 0.462 e. The second kappa shape index (κ2) is 8.87. The standard InChI is InChI=1S/C17H23NO4/c1-17(2,3)22-16(20)18-12-7-13-21-15(19)11-10-14-8-5-4-6-9-14/h4-6,8-11H,7,12-13H2,1-3H3,(H,18,20)/b11-10+. The van der Waals surface area contributed by atoms with E-state index < -0.39 is 17.7 Å². The summed E-state index contributed by atoms with van der Waals surface area (Å²) in [6, 6.07) is 9.50. The van der Waals surface area contributed by atoms with Crippen LogP contribution in [-0.4, -0.2) is 30.8 Å². The fourth-order valence-corrected chi connectivity index (χ4v) is 1.53. The molecule has 1 rings (SSSR count). The third-order valence-corrected chi connectivity index (χ3v) is 2.45. The van der Waals surface area contributed by atoms with Gasteiger partial charge in [0.25, 0.3) is 0 Å². The highest BCUT2D eigenvalue weighted by Gasteiger charge is 2.15. The van der Waals surface area contributed by atoms with Gasteiger partial charge in [0.15, 0.2) is 0 Å². The molecule has 0 aliphatic rings. The summed E-state index contributed by atoms with van der Waals surface area (Å²) in [5, 5.41) is 2.60. The van der Waals surface area contributed by atoms with Crippen LogP contribution < -0.4 is 5.32 Å². The van der Waals surface area contributed by atoms with Crippen LogP contribution in [0.5, 0.6) is 0 Å². The van der Waals surface area contributed by atoms with Crippen LogP contribution in [0.3, 0.4) is 0 Å². The number of esters is 1. The number of benzene rings is 1. The maximum absolute atomic E-state index is 11.5. The Balaban J connectivity index is 2.13. The molecule has 0 fully saturated rings. The molecule has 0 radical (unpaired) electrons. The summed E-state index contributed by atoms with van der Waals surface area (Å²) in [4.78, 5) is 22.8. The highest BCUT2D eigenvalue weighted by atomic mass is 16.6. The Kier molecular flexibility index (Phi) is 7.16. The van der Waals surface area contributed by atoms with Crippen LogP contribution >= 0.6 is 0 Å². The number of ether oxygens (including phenoxy) is 2. The highest BCUT2D eigenvalue weighted by molar-refractivity contribution is 5.87. The molecule has 0 unspecified atom stereocenters. The normalized spacial score (nSPS) is 11.2. The second-order valence-electron chi connectivity index (χ2n) is 5.69.